The molecule has 32 heavy (non-hydrogen) atoms. The zero-order valence-corrected chi connectivity index (χ0v) is 18.1. The summed E-state index contributed by atoms with van der Waals surface area (Å²) >= 11 is 0. The zero-order valence-electron chi connectivity index (χ0n) is 18.1. The number of aromatic nitrogens is 2. The van der Waals surface area contributed by atoms with Crippen LogP contribution in [0.1, 0.15) is 25.3 Å². The van der Waals surface area contributed by atoms with Gasteiger partial charge in [0.1, 0.15) is 17.8 Å². The van der Waals surface area contributed by atoms with E-state index in [-0.39, 0.29) is 12.3 Å². The second kappa shape index (κ2) is 9.78. The van der Waals surface area contributed by atoms with E-state index >= 15 is 0 Å². The van der Waals surface area contributed by atoms with Crippen molar-refractivity contribution < 1.29 is 10.0 Å². The molecule has 1 saturated heterocycles. The second-order valence-corrected chi connectivity index (χ2v) is 8.03. The number of nitrogens with zero attached hydrogens (tertiary/aromatic N) is 4. The Morgan fingerprint density at radius 1 is 1.19 bits per heavy atom. The summed E-state index contributed by atoms with van der Waals surface area (Å²) in [6.07, 6.45) is 3.47. The van der Waals surface area contributed by atoms with Crippen LogP contribution in [0, 0.1) is 16.0 Å². The van der Waals surface area contributed by atoms with Gasteiger partial charge >= 0.3 is 0 Å². The minimum Gasteiger partial charge on any atom is -0.396 e. The molecule has 1 fully saturated rings. The first-order chi connectivity index (χ1) is 15.6. The standard InChI is InChI=1S/C23H28N6O3/c1-2-24-21-12-20-19(11-22(21)29(31)32)23(27-15-26-20)25-13-17-4-3-5-18(10-17)28-8-6-16(14-30)7-9-28/h3-5,10-12,15-16,24,30H,2,6-9,13-14H2,1H3,(H,25,26,27). The first kappa shape index (κ1) is 21.8. The first-order valence-corrected chi connectivity index (χ1v) is 10.9. The van der Waals surface area contributed by atoms with Crippen molar-refractivity contribution in [1.29, 1.82) is 0 Å². The van der Waals surface area contributed by atoms with Crippen LogP contribution in [0.25, 0.3) is 10.9 Å². The monoisotopic (exact) mass is 436 g/mol. The minimum absolute atomic E-state index is 0.00507. The summed E-state index contributed by atoms with van der Waals surface area (Å²) in [5.41, 5.74) is 3.36. The lowest BCUT2D eigenvalue weighted by Crippen LogP contribution is -2.34. The highest BCUT2D eigenvalue weighted by molar-refractivity contribution is 5.94. The Hall–Kier alpha value is -3.46. The number of aliphatic hydroxyl groups excluding tert-OH is 1. The number of hydrogen-bond acceptors (Lipinski definition) is 8. The van der Waals surface area contributed by atoms with Crippen molar-refractivity contribution in [1.82, 2.24) is 9.97 Å². The highest BCUT2D eigenvalue weighted by Gasteiger charge is 2.19. The summed E-state index contributed by atoms with van der Waals surface area (Å²) in [5.74, 6) is 0.967. The number of benzene rings is 2. The van der Waals surface area contributed by atoms with Gasteiger partial charge in [0.25, 0.3) is 5.69 Å². The highest BCUT2D eigenvalue weighted by atomic mass is 16.6. The van der Waals surface area contributed by atoms with Gasteiger partial charge < -0.3 is 20.6 Å². The fourth-order valence-electron chi connectivity index (χ4n) is 4.14. The van der Waals surface area contributed by atoms with Crippen molar-refractivity contribution in [3.63, 3.8) is 0 Å². The molecule has 9 nitrogen and oxygen atoms in total. The number of hydrogen-bond donors (Lipinski definition) is 3. The van der Waals surface area contributed by atoms with Crippen LogP contribution < -0.4 is 15.5 Å². The molecule has 0 aliphatic carbocycles. The molecule has 1 aromatic heterocycles. The van der Waals surface area contributed by atoms with Crippen LogP contribution in [0.3, 0.4) is 0 Å². The molecule has 3 aromatic rings. The lowest BCUT2D eigenvalue weighted by Gasteiger charge is -2.33. The normalized spacial score (nSPS) is 14.5. The topological polar surface area (TPSA) is 116 Å². The number of aliphatic hydroxyl groups is 1. The van der Waals surface area contributed by atoms with E-state index in [2.05, 4.69) is 37.6 Å². The molecule has 9 heteroatoms. The predicted molar refractivity (Wildman–Crippen MR) is 126 cm³/mol. The molecule has 2 heterocycles. The van der Waals surface area contributed by atoms with Crippen LogP contribution in [0.15, 0.2) is 42.7 Å². The summed E-state index contributed by atoms with van der Waals surface area (Å²) < 4.78 is 0. The fourth-order valence-corrected chi connectivity index (χ4v) is 4.14. The number of nitro benzene ring substituents is 1. The SMILES string of the molecule is CCNc1cc2ncnc(NCc3cccc(N4CCC(CO)CC4)c3)c2cc1[N+](=O)[O-]. The predicted octanol–water partition coefficient (Wildman–Crippen LogP) is 3.79. The van der Waals surface area contributed by atoms with Gasteiger partial charge in [0.2, 0.25) is 0 Å². The third-order valence-electron chi connectivity index (χ3n) is 5.93. The number of piperidine rings is 1. The molecule has 4 rings (SSSR count). The number of fused-ring (bicyclic) bond motifs is 1. The average molecular weight is 437 g/mol. The van der Waals surface area contributed by atoms with Crippen LogP contribution in [0.4, 0.5) is 22.9 Å². The van der Waals surface area contributed by atoms with Gasteiger partial charge in [0.05, 0.1) is 10.4 Å². The smallest absolute Gasteiger partial charge is 0.293 e. The molecule has 1 aliphatic heterocycles. The lowest BCUT2D eigenvalue weighted by molar-refractivity contribution is -0.383. The van der Waals surface area contributed by atoms with E-state index in [0.29, 0.717) is 41.4 Å². The van der Waals surface area contributed by atoms with Crippen molar-refractivity contribution in [2.75, 3.05) is 41.8 Å². The van der Waals surface area contributed by atoms with Crippen LogP contribution in [-0.2, 0) is 6.54 Å². The van der Waals surface area contributed by atoms with Crippen LogP contribution in [0.2, 0.25) is 0 Å². The molecule has 0 unspecified atom stereocenters. The Balaban J connectivity index is 1.53. The fraction of sp³-hybridized carbons (Fsp3) is 0.391. The van der Waals surface area contributed by atoms with Gasteiger partial charge in [-0.15, -0.1) is 0 Å². The largest absolute Gasteiger partial charge is 0.396 e. The van der Waals surface area contributed by atoms with Crippen molar-refractivity contribution in [3.05, 3.63) is 58.4 Å². The minimum atomic E-state index is -0.391. The molecular formula is C23H28N6O3. The molecule has 0 bridgehead atoms. The summed E-state index contributed by atoms with van der Waals surface area (Å²) in [4.78, 5) is 22.1. The molecule has 168 valence electrons. The van der Waals surface area contributed by atoms with Gasteiger partial charge in [-0.1, -0.05) is 12.1 Å². The van der Waals surface area contributed by atoms with E-state index in [4.69, 9.17) is 0 Å². The highest BCUT2D eigenvalue weighted by Crippen LogP contribution is 2.32. The molecule has 0 spiro atoms. The van der Waals surface area contributed by atoms with Crippen molar-refractivity contribution >= 4 is 33.8 Å². The van der Waals surface area contributed by atoms with Gasteiger partial charge in [-0.25, -0.2) is 9.97 Å². The van der Waals surface area contributed by atoms with E-state index in [1.54, 1.807) is 6.07 Å². The molecule has 2 aromatic carbocycles. The summed E-state index contributed by atoms with van der Waals surface area (Å²) in [7, 11) is 0. The molecule has 0 radical (unpaired) electrons. The quantitative estimate of drug-likeness (QED) is 0.361. The Bertz CT molecular complexity index is 1100. The van der Waals surface area contributed by atoms with Gasteiger partial charge in [0.15, 0.2) is 0 Å². The number of rotatable bonds is 8. The molecule has 1 aliphatic rings. The summed E-state index contributed by atoms with van der Waals surface area (Å²) in [5, 5.41) is 27.9. The third kappa shape index (κ3) is 4.72. The van der Waals surface area contributed by atoms with Crippen molar-refractivity contribution in [2.45, 2.75) is 26.3 Å². The van der Waals surface area contributed by atoms with Crippen LogP contribution in [0.5, 0.6) is 0 Å². The zero-order chi connectivity index (χ0) is 22.5. The van der Waals surface area contributed by atoms with Crippen molar-refractivity contribution in [3.8, 4) is 0 Å². The lowest BCUT2D eigenvalue weighted by atomic mass is 9.97. The van der Waals surface area contributed by atoms with Gasteiger partial charge in [-0.3, -0.25) is 10.1 Å². The van der Waals surface area contributed by atoms with E-state index < -0.39 is 4.92 Å². The number of anilines is 3. The first-order valence-electron chi connectivity index (χ1n) is 10.9. The molecule has 3 N–H and O–H groups in total. The summed E-state index contributed by atoms with van der Waals surface area (Å²) in [6.45, 7) is 5.15. The van der Waals surface area contributed by atoms with E-state index in [1.165, 1.54) is 18.1 Å². The van der Waals surface area contributed by atoms with Gasteiger partial charge in [-0.05, 0) is 49.4 Å². The number of nitrogens with one attached hydrogen (secondary N) is 2. The maximum atomic E-state index is 11.5. The third-order valence-corrected chi connectivity index (χ3v) is 5.93. The van der Waals surface area contributed by atoms with Gasteiger partial charge in [-0.2, -0.15) is 0 Å². The van der Waals surface area contributed by atoms with Gasteiger partial charge in [0, 0.05) is 49.9 Å². The Morgan fingerprint density at radius 2 is 2.00 bits per heavy atom. The molecule has 0 amide bonds. The number of nitro groups is 1. The Morgan fingerprint density at radius 3 is 2.72 bits per heavy atom. The Labute approximate surface area is 186 Å². The van der Waals surface area contributed by atoms with Crippen LogP contribution >= 0.6 is 0 Å². The van der Waals surface area contributed by atoms with E-state index in [1.807, 2.05) is 19.1 Å². The Kier molecular flexibility index (Phi) is 6.65. The van der Waals surface area contributed by atoms with Crippen molar-refractivity contribution in [2.24, 2.45) is 5.92 Å². The second-order valence-electron chi connectivity index (χ2n) is 8.03. The van der Waals surface area contributed by atoms with Crippen LogP contribution in [-0.4, -0.2) is 46.2 Å². The summed E-state index contributed by atoms with van der Waals surface area (Å²) in [6, 6.07) is 11.6. The maximum absolute atomic E-state index is 11.5. The average Bonchev–Trinajstić information content (AvgIpc) is 2.82. The molecule has 0 atom stereocenters. The molecular weight excluding hydrogens is 408 g/mol. The maximum Gasteiger partial charge on any atom is 0.293 e. The van der Waals surface area contributed by atoms with E-state index in [0.717, 1.165) is 31.5 Å². The van der Waals surface area contributed by atoms with E-state index in [9.17, 15) is 15.2 Å². The molecule has 0 saturated carbocycles.